The molecular weight excluding hydrogens is 488 g/mol. The van der Waals surface area contributed by atoms with Gasteiger partial charge in [-0.25, -0.2) is 0 Å². The van der Waals surface area contributed by atoms with Gasteiger partial charge in [-0.2, -0.15) is 5.26 Å². The molecule has 0 aliphatic rings. The number of anilines is 3. The number of benzene rings is 6. The van der Waals surface area contributed by atoms with Gasteiger partial charge in [0.2, 0.25) is 0 Å². The Morgan fingerprint density at radius 1 is 0.450 bits per heavy atom. The van der Waals surface area contributed by atoms with Gasteiger partial charge in [-0.15, -0.1) is 0 Å². The Morgan fingerprint density at radius 2 is 1.05 bits per heavy atom. The van der Waals surface area contributed by atoms with Crippen LogP contribution in [0.3, 0.4) is 0 Å². The standard InChI is InChI=1S/C37H24N2O/c38-25-26-13-18-31(19-14-26)39(32-20-15-28(16-21-32)27-7-2-1-3-8-27)33-10-6-9-29(23-33)30-17-22-37-35(24-30)34-11-4-5-12-36(34)40-37/h1-24H. The lowest BCUT2D eigenvalue weighted by molar-refractivity contribution is 0.669. The molecule has 0 fully saturated rings. The van der Waals surface area contributed by atoms with Crippen molar-refractivity contribution in [3.63, 3.8) is 0 Å². The minimum atomic E-state index is 0.637. The van der Waals surface area contributed by atoms with Gasteiger partial charge in [0, 0.05) is 27.8 Å². The Hall–Kier alpha value is -5.59. The molecule has 0 aliphatic heterocycles. The zero-order chi connectivity index (χ0) is 26.9. The van der Waals surface area contributed by atoms with Gasteiger partial charge in [-0.3, -0.25) is 0 Å². The van der Waals surface area contributed by atoms with Crippen LogP contribution < -0.4 is 4.90 Å². The first-order chi connectivity index (χ1) is 19.8. The molecule has 0 saturated carbocycles. The number of nitriles is 1. The molecule has 0 amide bonds. The lowest BCUT2D eigenvalue weighted by Crippen LogP contribution is -2.10. The molecule has 0 saturated heterocycles. The molecule has 6 aromatic carbocycles. The summed E-state index contributed by atoms with van der Waals surface area (Å²) < 4.78 is 6.05. The quantitative estimate of drug-likeness (QED) is 0.230. The fourth-order valence-electron chi connectivity index (χ4n) is 5.30. The molecule has 0 unspecified atom stereocenters. The molecule has 0 N–H and O–H groups in total. The lowest BCUT2D eigenvalue weighted by atomic mass is 10.0. The summed E-state index contributed by atoms with van der Waals surface area (Å²) in [6.45, 7) is 0. The minimum absolute atomic E-state index is 0.637. The fourth-order valence-corrected chi connectivity index (χ4v) is 5.30. The second-order valence-electron chi connectivity index (χ2n) is 9.77. The average Bonchev–Trinajstić information content (AvgIpc) is 3.40. The van der Waals surface area contributed by atoms with E-state index in [0.717, 1.165) is 50.1 Å². The van der Waals surface area contributed by atoms with Crippen molar-refractivity contribution in [1.29, 1.82) is 5.26 Å². The zero-order valence-electron chi connectivity index (χ0n) is 21.7. The first-order valence-corrected chi connectivity index (χ1v) is 13.2. The van der Waals surface area contributed by atoms with E-state index in [1.807, 2.05) is 48.5 Å². The van der Waals surface area contributed by atoms with E-state index in [-0.39, 0.29) is 0 Å². The van der Waals surface area contributed by atoms with Crippen molar-refractivity contribution in [2.45, 2.75) is 0 Å². The summed E-state index contributed by atoms with van der Waals surface area (Å²) in [5.41, 5.74) is 10.1. The highest BCUT2D eigenvalue weighted by atomic mass is 16.3. The van der Waals surface area contributed by atoms with Crippen LogP contribution in [0, 0.1) is 11.3 Å². The predicted molar refractivity (Wildman–Crippen MR) is 164 cm³/mol. The number of hydrogen-bond acceptors (Lipinski definition) is 3. The maximum absolute atomic E-state index is 9.36. The molecule has 3 heteroatoms. The van der Waals surface area contributed by atoms with E-state index in [1.165, 1.54) is 11.1 Å². The molecule has 40 heavy (non-hydrogen) atoms. The summed E-state index contributed by atoms with van der Waals surface area (Å²) in [5, 5.41) is 11.6. The number of rotatable bonds is 5. The van der Waals surface area contributed by atoms with Crippen molar-refractivity contribution >= 4 is 39.0 Å². The van der Waals surface area contributed by atoms with Crippen LogP contribution >= 0.6 is 0 Å². The maximum atomic E-state index is 9.36. The Bertz CT molecular complexity index is 2000. The zero-order valence-corrected chi connectivity index (χ0v) is 21.7. The van der Waals surface area contributed by atoms with E-state index >= 15 is 0 Å². The van der Waals surface area contributed by atoms with E-state index in [4.69, 9.17) is 4.42 Å². The number of para-hydroxylation sites is 1. The van der Waals surface area contributed by atoms with Crippen LogP contribution in [0.25, 0.3) is 44.2 Å². The van der Waals surface area contributed by atoms with E-state index in [2.05, 4.69) is 108 Å². The lowest BCUT2D eigenvalue weighted by Gasteiger charge is -2.26. The highest BCUT2D eigenvalue weighted by molar-refractivity contribution is 6.06. The smallest absolute Gasteiger partial charge is 0.135 e. The summed E-state index contributed by atoms with van der Waals surface area (Å²) in [7, 11) is 0. The highest BCUT2D eigenvalue weighted by Gasteiger charge is 2.15. The van der Waals surface area contributed by atoms with Crippen LogP contribution in [0.15, 0.2) is 150 Å². The molecule has 0 radical (unpaired) electrons. The van der Waals surface area contributed by atoms with Gasteiger partial charge in [0.1, 0.15) is 11.2 Å². The fraction of sp³-hybridized carbons (Fsp3) is 0. The normalized spacial score (nSPS) is 11.0. The van der Waals surface area contributed by atoms with Crippen molar-refractivity contribution in [2.75, 3.05) is 4.90 Å². The van der Waals surface area contributed by atoms with Crippen LogP contribution in [0.1, 0.15) is 5.56 Å². The number of hydrogen-bond donors (Lipinski definition) is 0. The Labute approximate surface area is 232 Å². The molecular formula is C37H24N2O. The average molecular weight is 513 g/mol. The third-order valence-electron chi connectivity index (χ3n) is 7.30. The summed E-state index contributed by atoms with van der Waals surface area (Å²) in [5.74, 6) is 0. The summed E-state index contributed by atoms with van der Waals surface area (Å²) in [6.07, 6.45) is 0. The van der Waals surface area contributed by atoms with Crippen molar-refractivity contribution in [3.05, 3.63) is 151 Å². The van der Waals surface area contributed by atoms with E-state index in [0.29, 0.717) is 5.56 Å². The topological polar surface area (TPSA) is 40.2 Å². The second-order valence-corrected chi connectivity index (χ2v) is 9.77. The molecule has 188 valence electrons. The number of fused-ring (bicyclic) bond motifs is 3. The van der Waals surface area contributed by atoms with Gasteiger partial charge in [0.25, 0.3) is 0 Å². The van der Waals surface area contributed by atoms with Gasteiger partial charge in [0.05, 0.1) is 11.6 Å². The first-order valence-electron chi connectivity index (χ1n) is 13.2. The molecule has 0 spiro atoms. The molecule has 0 bridgehead atoms. The van der Waals surface area contributed by atoms with Crippen LogP contribution in [-0.4, -0.2) is 0 Å². The van der Waals surface area contributed by atoms with Gasteiger partial charge >= 0.3 is 0 Å². The molecule has 1 aromatic heterocycles. The highest BCUT2D eigenvalue weighted by Crippen LogP contribution is 2.38. The summed E-state index contributed by atoms with van der Waals surface area (Å²) in [6, 6.07) is 52.1. The van der Waals surface area contributed by atoms with Crippen molar-refractivity contribution in [2.24, 2.45) is 0 Å². The van der Waals surface area contributed by atoms with Crippen LogP contribution in [-0.2, 0) is 0 Å². The van der Waals surface area contributed by atoms with E-state index in [1.54, 1.807) is 0 Å². The van der Waals surface area contributed by atoms with E-state index < -0.39 is 0 Å². The Morgan fingerprint density at radius 3 is 1.82 bits per heavy atom. The van der Waals surface area contributed by atoms with Crippen molar-refractivity contribution < 1.29 is 4.42 Å². The molecule has 0 aliphatic carbocycles. The molecule has 0 atom stereocenters. The van der Waals surface area contributed by atoms with Gasteiger partial charge in [0.15, 0.2) is 0 Å². The largest absolute Gasteiger partial charge is 0.456 e. The monoisotopic (exact) mass is 512 g/mol. The number of nitrogens with zero attached hydrogens (tertiary/aromatic N) is 2. The SMILES string of the molecule is N#Cc1ccc(N(c2ccc(-c3ccccc3)cc2)c2cccc(-c3ccc4oc5ccccc5c4c3)c2)cc1. The van der Waals surface area contributed by atoms with Crippen molar-refractivity contribution in [3.8, 4) is 28.3 Å². The predicted octanol–water partition coefficient (Wildman–Crippen LogP) is 10.3. The summed E-state index contributed by atoms with van der Waals surface area (Å²) in [4.78, 5) is 2.23. The molecule has 7 aromatic rings. The molecule has 7 rings (SSSR count). The third kappa shape index (κ3) is 4.28. The molecule has 3 nitrogen and oxygen atoms in total. The maximum Gasteiger partial charge on any atom is 0.135 e. The summed E-state index contributed by atoms with van der Waals surface area (Å²) >= 11 is 0. The van der Waals surface area contributed by atoms with Crippen LogP contribution in [0.2, 0.25) is 0 Å². The van der Waals surface area contributed by atoms with Crippen molar-refractivity contribution in [1.82, 2.24) is 0 Å². The minimum Gasteiger partial charge on any atom is -0.456 e. The number of furan rings is 1. The molecule has 1 heterocycles. The van der Waals surface area contributed by atoms with E-state index in [9.17, 15) is 5.26 Å². The van der Waals surface area contributed by atoms with Gasteiger partial charge in [-0.05, 0) is 89.0 Å². The van der Waals surface area contributed by atoms with Gasteiger partial charge < -0.3 is 9.32 Å². The Balaban J connectivity index is 1.33. The second kappa shape index (κ2) is 9.94. The van der Waals surface area contributed by atoms with Crippen LogP contribution in [0.4, 0.5) is 17.1 Å². The van der Waals surface area contributed by atoms with Crippen LogP contribution in [0.5, 0.6) is 0 Å². The Kier molecular flexibility index (Phi) is 5.85. The van der Waals surface area contributed by atoms with Gasteiger partial charge in [-0.1, -0.05) is 78.9 Å². The third-order valence-corrected chi connectivity index (χ3v) is 7.30. The first kappa shape index (κ1) is 23.5.